The number of rotatable bonds is 8. The average molecular weight is 308 g/mol. The molecule has 0 spiro atoms. The maximum atomic E-state index is 11.5. The predicted molar refractivity (Wildman–Crippen MR) is 79.1 cm³/mol. The van der Waals surface area contributed by atoms with Gasteiger partial charge >= 0.3 is 12.1 Å². The summed E-state index contributed by atoms with van der Waals surface area (Å²) in [6.45, 7) is 1.71. The van der Waals surface area contributed by atoms with Crippen LogP contribution in [0, 0.1) is 0 Å². The molecule has 0 bridgehead atoms. The number of hydrogen-bond donors (Lipinski definition) is 3. The van der Waals surface area contributed by atoms with E-state index in [1.54, 1.807) is 0 Å². The molecular formula is C15H20N2O5. The summed E-state index contributed by atoms with van der Waals surface area (Å²) in [5.74, 6) is -1.50. The molecule has 3 N–H and O–H groups in total. The number of hydrogen-bond acceptors (Lipinski definition) is 4. The van der Waals surface area contributed by atoms with Crippen molar-refractivity contribution in [1.29, 1.82) is 0 Å². The van der Waals surface area contributed by atoms with Gasteiger partial charge in [0.25, 0.3) is 0 Å². The Balaban J connectivity index is 2.19. The van der Waals surface area contributed by atoms with Gasteiger partial charge in [-0.2, -0.15) is 0 Å². The van der Waals surface area contributed by atoms with Gasteiger partial charge in [-0.25, -0.2) is 9.59 Å². The van der Waals surface area contributed by atoms with Crippen molar-refractivity contribution in [3.63, 3.8) is 0 Å². The van der Waals surface area contributed by atoms with Crippen LogP contribution < -0.4 is 10.6 Å². The van der Waals surface area contributed by atoms with Crippen LogP contribution in [0.25, 0.3) is 0 Å². The van der Waals surface area contributed by atoms with Gasteiger partial charge in [-0.15, -0.1) is 0 Å². The van der Waals surface area contributed by atoms with Gasteiger partial charge in [0.15, 0.2) is 0 Å². The van der Waals surface area contributed by atoms with Crippen LogP contribution in [-0.2, 0) is 20.9 Å². The van der Waals surface area contributed by atoms with Gasteiger partial charge in [0.05, 0.1) is 0 Å². The third kappa shape index (κ3) is 7.28. The zero-order valence-electron chi connectivity index (χ0n) is 12.4. The first-order valence-corrected chi connectivity index (χ1v) is 6.93. The molecule has 1 rings (SSSR count). The van der Waals surface area contributed by atoms with Crippen molar-refractivity contribution in [3.8, 4) is 0 Å². The van der Waals surface area contributed by atoms with E-state index < -0.39 is 24.0 Å². The molecule has 120 valence electrons. The lowest BCUT2D eigenvalue weighted by atomic mass is 10.1. The highest BCUT2D eigenvalue weighted by Crippen LogP contribution is 2.01. The third-order valence-corrected chi connectivity index (χ3v) is 2.83. The third-order valence-electron chi connectivity index (χ3n) is 2.83. The zero-order chi connectivity index (χ0) is 16.4. The van der Waals surface area contributed by atoms with Gasteiger partial charge in [-0.05, 0) is 18.4 Å². The van der Waals surface area contributed by atoms with Crippen molar-refractivity contribution in [3.05, 3.63) is 35.9 Å². The molecule has 0 saturated carbocycles. The molecule has 7 nitrogen and oxygen atoms in total. The van der Waals surface area contributed by atoms with Crippen LogP contribution in [0.1, 0.15) is 25.3 Å². The van der Waals surface area contributed by atoms with Crippen LogP contribution in [-0.4, -0.2) is 35.7 Å². The second-order valence-electron chi connectivity index (χ2n) is 4.72. The van der Waals surface area contributed by atoms with Crippen LogP contribution in [0.5, 0.6) is 0 Å². The quantitative estimate of drug-likeness (QED) is 0.628. The predicted octanol–water partition coefficient (Wildman–Crippen LogP) is 1.28. The maximum absolute atomic E-state index is 11.5. The van der Waals surface area contributed by atoms with Gasteiger partial charge in [-0.1, -0.05) is 30.3 Å². The molecule has 0 saturated heterocycles. The summed E-state index contributed by atoms with van der Waals surface area (Å²) in [6.07, 6.45) is 0.0845. The molecule has 0 aliphatic rings. The fourth-order valence-corrected chi connectivity index (χ4v) is 1.77. The number of carbonyl (C=O) groups is 3. The molecule has 0 aliphatic heterocycles. The Kier molecular flexibility index (Phi) is 7.45. The van der Waals surface area contributed by atoms with Crippen molar-refractivity contribution in [2.75, 3.05) is 6.54 Å². The lowest BCUT2D eigenvalue weighted by molar-refractivity contribution is -0.141. The fraction of sp³-hybridized carbons (Fsp3) is 0.400. The van der Waals surface area contributed by atoms with E-state index in [9.17, 15) is 14.4 Å². The molecule has 0 aromatic heterocycles. The molecule has 0 heterocycles. The summed E-state index contributed by atoms with van der Waals surface area (Å²) in [4.78, 5) is 33.2. The van der Waals surface area contributed by atoms with Crippen molar-refractivity contribution in [1.82, 2.24) is 10.6 Å². The molecule has 1 atom stereocenters. The fourth-order valence-electron chi connectivity index (χ4n) is 1.77. The summed E-state index contributed by atoms with van der Waals surface area (Å²) in [6, 6.07) is 8.32. The second-order valence-corrected chi connectivity index (χ2v) is 4.72. The van der Waals surface area contributed by atoms with Crippen LogP contribution >= 0.6 is 0 Å². The Hall–Kier alpha value is -2.57. The van der Waals surface area contributed by atoms with Crippen LogP contribution in [0.3, 0.4) is 0 Å². The maximum Gasteiger partial charge on any atom is 0.407 e. The summed E-state index contributed by atoms with van der Waals surface area (Å²) in [5.41, 5.74) is 0.884. The molecular weight excluding hydrogens is 288 g/mol. The number of carboxylic acid groups (broad SMARTS) is 1. The highest BCUT2D eigenvalue weighted by Gasteiger charge is 2.17. The van der Waals surface area contributed by atoms with Gasteiger partial charge in [0, 0.05) is 13.5 Å². The van der Waals surface area contributed by atoms with Crippen molar-refractivity contribution in [2.24, 2.45) is 0 Å². The number of amides is 2. The Morgan fingerprint density at radius 1 is 1.23 bits per heavy atom. The molecule has 1 aromatic carbocycles. The number of carbonyl (C=O) groups excluding carboxylic acids is 2. The molecule has 0 radical (unpaired) electrons. The van der Waals surface area contributed by atoms with E-state index in [0.29, 0.717) is 6.42 Å². The molecule has 7 heteroatoms. The van der Waals surface area contributed by atoms with Crippen molar-refractivity contribution < 1.29 is 24.2 Å². The number of ether oxygens (including phenoxy) is 1. The van der Waals surface area contributed by atoms with E-state index in [4.69, 9.17) is 9.84 Å². The molecule has 0 aliphatic carbocycles. The number of nitrogens with one attached hydrogen (secondary N) is 2. The number of carboxylic acids is 1. The van der Waals surface area contributed by atoms with E-state index in [0.717, 1.165) is 5.56 Å². The Morgan fingerprint density at radius 2 is 1.91 bits per heavy atom. The van der Waals surface area contributed by atoms with Crippen LogP contribution in [0.2, 0.25) is 0 Å². The Labute approximate surface area is 128 Å². The van der Waals surface area contributed by atoms with E-state index in [2.05, 4.69) is 10.6 Å². The molecule has 0 fully saturated rings. The summed E-state index contributed by atoms with van der Waals surface area (Å²) >= 11 is 0. The SMILES string of the molecule is CC(=O)N[C@@H](CCCNC(=O)OCc1ccccc1)C(=O)O. The van der Waals surface area contributed by atoms with E-state index in [1.165, 1.54) is 6.92 Å². The second kappa shape index (κ2) is 9.38. The van der Waals surface area contributed by atoms with Crippen molar-refractivity contribution in [2.45, 2.75) is 32.4 Å². The van der Waals surface area contributed by atoms with Crippen LogP contribution in [0.15, 0.2) is 30.3 Å². The standard InChI is InChI=1S/C15H20N2O5/c1-11(18)17-13(14(19)20)8-5-9-16-15(21)22-10-12-6-3-2-4-7-12/h2-4,6-7,13H,5,8-10H2,1H3,(H,16,21)(H,17,18)(H,19,20)/t13-/m0/s1. The molecule has 1 aromatic rings. The average Bonchev–Trinajstić information content (AvgIpc) is 2.48. The van der Waals surface area contributed by atoms with Gasteiger partial charge < -0.3 is 20.5 Å². The number of alkyl carbamates (subject to hydrolysis) is 1. The normalized spacial score (nSPS) is 11.3. The lowest BCUT2D eigenvalue weighted by Gasteiger charge is -2.13. The monoisotopic (exact) mass is 308 g/mol. The smallest absolute Gasteiger partial charge is 0.407 e. The minimum atomic E-state index is -1.10. The first kappa shape index (κ1) is 17.5. The first-order chi connectivity index (χ1) is 10.5. The van der Waals surface area contributed by atoms with Crippen LogP contribution in [0.4, 0.5) is 4.79 Å². The highest BCUT2D eigenvalue weighted by atomic mass is 16.5. The summed E-state index contributed by atoms with van der Waals surface area (Å²) < 4.78 is 5.01. The molecule has 22 heavy (non-hydrogen) atoms. The highest BCUT2D eigenvalue weighted by molar-refractivity contribution is 5.81. The Morgan fingerprint density at radius 3 is 2.50 bits per heavy atom. The van der Waals surface area contributed by atoms with Gasteiger partial charge in [0.2, 0.25) is 5.91 Å². The minimum absolute atomic E-state index is 0.177. The lowest BCUT2D eigenvalue weighted by Crippen LogP contribution is -2.40. The topological polar surface area (TPSA) is 105 Å². The number of benzene rings is 1. The zero-order valence-corrected chi connectivity index (χ0v) is 12.4. The Bertz CT molecular complexity index is 504. The van der Waals surface area contributed by atoms with E-state index in [-0.39, 0.29) is 19.6 Å². The van der Waals surface area contributed by atoms with E-state index in [1.807, 2.05) is 30.3 Å². The first-order valence-electron chi connectivity index (χ1n) is 6.93. The largest absolute Gasteiger partial charge is 0.480 e. The molecule has 0 unspecified atom stereocenters. The number of aliphatic carboxylic acids is 1. The summed E-state index contributed by atoms with van der Waals surface area (Å²) in [7, 11) is 0. The summed E-state index contributed by atoms with van der Waals surface area (Å²) in [5, 5.41) is 13.8. The van der Waals surface area contributed by atoms with Gasteiger partial charge in [0.1, 0.15) is 12.6 Å². The van der Waals surface area contributed by atoms with E-state index >= 15 is 0 Å². The van der Waals surface area contributed by atoms with Crippen molar-refractivity contribution >= 4 is 18.0 Å². The minimum Gasteiger partial charge on any atom is -0.480 e. The molecule has 2 amide bonds. The van der Waals surface area contributed by atoms with Gasteiger partial charge in [-0.3, -0.25) is 4.79 Å².